The Morgan fingerprint density at radius 3 is 1.24 bits per heavy atom. The van der Waals surface area contributed by atoms with E-state index in [0.717, 1.165) is 70.2 Å². The smallest absolute Gasteiger partial charge is 0.128 e. The lowest BCUT2D eigenvalue weighted by Gasteiger charge is -2.24. The van der Waals surface area contributed by atoms with Gasteiger partial charge in [0.05, 0.1) is 0 Å². The van der Waals surface area contributed by atoms with E-state index in [4.69, 9.17) is 9.98 Å². The third-order valence-corrected chi connectivity index (χ3v) is 11.4. The van der Waals surface area contributed by atoms with E-state index in [1.165, 1.54) is 22.3 Å². The molecule has 0 saturated carbocycles. The number of hydrogen-bond acceptors (Lipinski definition) is 4. The summed E-state index contributed by atoms with van der Waals surface area (Å²) in [4.78, 5) is 10.7. The first kappa shape index (κ1) is 35.3. The Balaban J connectivity index is 1.24. The van der Waals surface area contributed by atoms with E-state index in [9.17, 15) is 10.2 Å². The minimum atomic E-state index is -0.410. The van der Waals surface area contributed by atoms with E-state index < -0.39 is 12.1 Å². The lowest BCUT2D eigenvalue weighted by molar-refractivity contribution is 0.464. The fraction of sp³-hybridized carbons (Fsp3) is 0.240. The number of nitrogens with zero attached hydrogens (tertiary/aromatic N) is 2. The number of phenols is 2. The van der Waals surface area contributed by atoms with Crippen LogP contribution in [0.4, 0.5) is 0 Å². The zero-order valence-corrected chi connectivity index (χ0v) is 31.6. The van der Waals surface area contributed by atoms with E-state index in [1.54, 1.807) is 0 Å². The van der Waals surface area contributed by atoms with Crippen molar-refractivity contribution in [1.82, 2.24) is 0 Å². The van der Waals surface area contributed by atoms with E-state index in [1.807, 2.05) is 36.7 Å². The Kier molecular flexibility index (Phi) is 9.77. The van der Waals surface area contributed by atoms with Crippen LogP contribution in [0.3, 0.4) is 0 Å². The molecular weight excluding hydrogens is 661 g/mol. The fourth-order valence-electron chi connectivity index (χ4n) is 9.06. The molecule has 0 spiro atoms. The standard InChI is InChI=1S/C50H48N2O2/c1-31-23-32(2)26-41(25-31)47(51-29-39-17-15-37-19-21-43(45(37)49(39)53)35-11-7-5-8-12-35)48(42-27-33(3)24-34(4)28-42)52-30-40-18-16-38-20-22-44(46(38)50(40)54)36-13-9-6-10-14-36/h5-18,23-30,43-44,47-48,53-54H,19-22H2,1-4H3/t43?,44?,47-,48-/m0/s1. The van der Waals surface area contributed by atoms with Crippen molar-refractivity contribution in [2.75, 3.05) is 0 Å². The topological polar surface area (TPSA) is 65.2 Å². The first-order valence-electron chi connectivity index (χ1n) is 19.3. The van der Waals surface area contributed by atoms with Gasteiger partial charge in [-0.2, -0.15) is 0 Å². The van der Waals surface area contributed by atoms with Gasteiger partial charge in [0.15, 0.2) is 0 Å². The van der Waals surface area contributed by atoms with Crippen LogP contribution in [0.15, 0.2) is 131 Å². The van der Waals surface area contributed by atoms with E-state index in [-0.39, 0.29) is 11.8 Å². The highest BCUT2D eigenvalue weighted by atomic mass is 16.3. The molecular formula is C50H48N2O2. The number of aliphatic imine (C=N–C) groups is 2. The molecule has 0 aliphatic heterocycles. The van der Waals surface area contributed by atoms with Gasteiger partial charge in [-0.25, -0.2) is 0 Å². The Labute approximate surface area is 319 Å². The highest BCUT2D eigenvalue weighted by Gasteiger charge is 2.31. The molecule has 0 heterocycles. The van der Waals surface area contributed by atoms with Gasteiger partial charge in [0, 0.05) is 46.5 Å². The summed E-state index contributed by atoms with van der Waals surface area (Å²) < 4.78 is 0. The molecule has 0 bridgehead atoms. The number of benzene rings is 6. The van der Waals surface area contributed by atoms with Crippen molar-refractivity contribution in [1.29, 1.82) is 0 Å². The predicted octanol–water partition coefficient (Wildman–Crippen LogP) is 11.5. The van der Waals surface area contributed by atoms with Gasteiger partial charge >= 0.3 is 0 Å². The minimum Gasteiger partial charge on any atom is -0.507 e. The number of aromatic hydroxyl groups is 2. The summed E-state index contributed by atoms with van der Waals surface area (Å²) in [5.74, 6) is 0.922. The fourth-order valence-corrected chi connectivity index (χ4v) is 9.06. The highest BCUT2D eigenvalue weighted by molar-refractivity contribution is 5.86. The molecule has 0 amide bonds. The zero-order chi connectivity index (χ0) is 37.3. The summed E-state index contributed by atoms with van der Waals surface area (Å²) in [6, 6.07) is 41.7. The number of fused-ring (bicyclic) bond motifs is 2. The minimum absolute atomic E-state index is 0.152. The molecule has 6 aromatic rings. The normalized spacial score (nSPS) is 17.6. The quantitative estimate of drug-likeness (QED) is 0.147. The van der Waals surface area contributed by atoms with Crippen LogP contribution < -0.4 is 0 Å². The lowest BCUT2D eigenvalue weighted by Crippen LogP contribution is -2.11. The monoisotopic (exact) mass is 708 g/mol. The molecule has 0 saturated heterocycles. The molecule has 2 N–H and O–H groups in total. The van der Waals surface area contributed by atoms with Crippen molar-refractivity contribution < 1.29 is 10.2 Å². The van der Waals surface area contributed by atoms with E-state index >= 15 is 0 Å². The van der Waals surface area contributed by atoms with Crippen LogP contribution in [0.2, 0.25) is 0 Å². The maximum Gasteiger partial charge on any atom is 0.128 e. The number of phenolic OH excluding ortho intramolecular Hbond substituents is 2. The maximum absolute atomic E-state index is 11.9. The molecule has 0 aromatic heterocycles. The maximum atomic E-state index is 11.9. The molecule has 4 heteroatoms. The molecule has 2 aliphatic rings. The molecule has 4 atom stereocenters. The highest BCUT2D eigenvalue weighted by Crippen LogP contribution is 2.46. The van der Waals surface area contributed by atoms with E-state index in [2.05, 4.69) is 125 Å². The summed E-state index contributed by atoms with van der Waals surface area (Å²) in [6.07, 6.45) is 7.53. The second-order valence-corrected chi connectivity index (χ2v) is 15.4. The van der Waals surface area contributed by atoms with Gasteiger partial charge in [0.1, 0.15) is 23.6 Å². The van der Waals surface area contributed by atoms with Gasteiger partial charge in [0.25, 0.3) is 0 Å². The average molecular weight is 709 g/mol. The third kappa shape index (κ3) is 7.01. The number of hydrogen-bond donors (Lipinski definition) is 2. The molecule has 270 valence electrons. The van der Waals surface area contributed by atoms with Crippen LogP contribution in [-0.4, -0.2) is 22.6 Å². The molecule has 2 unspecified atom stereocenters. The van der Waals surface area contributed by atoms with Crippen LogP contribution in [0.5, 0.6) is 11.5 Å². The van der Waals surface area contributed by atoms with E-state index in [0.29, 0.717) is 22.6 Å². The van der Waals surface area contributed by atoms with Gasteiger partial charge in [-0.15, -0.1) is 0 Å². The van der Waals surface area contributed by atoms with Crippen LogP contribution in [0, 0.1) is 27.7 Å². The molecule has 8 rings (SSSR count). The number of rotatable bonds is 9. The van der Waals surface area contributed by atoms with Gasteiger partial charge in [-0.1, -0.05) is 131 Å². The van der Waals surface area contributed by atoms with Gasteiger partial charge in [-0.3, -0.25) is 9.98 Å². The van der Waals surface area contributed by atoms with Crippen molar-refractivity contribution in [3.05, 3.63) is 199 Å². The Morgan fingerprint density at radius 1 is 0.500 bits per heavy atom. The molecule has 0 radical (unpaired) electrons. The second-order valence-electron chi connectivity index (χ2n) is 15.4. The molecule has 54 heavy (non-hydrogen) atoms. The summed E-state index contributed by atoms with van der Waals surface area (Å²) >= 11 is 0. The lowest BCUT2D eigenvalue weighted by atomic mass is 9.90. The third-order valence-electron chi connectivity index (χ3n) is 11.4. The first-order chi connectivity index (χ1) is 26.2. The molecule has 0 fully saturated rings. The SMILES string of the molecule is Cc1cc(C)cc([C@H](N=Cc2ccc3c(c2O)C(c2ccccc2)CC3)[C@@H](N=Cc2ccc3c(c2O)C(c2ccccc2)CC3)c2cc(C)cc(C)c2)c1. The van der Waals surface area contributed by atoms with Crippen molar-refractivity contribution in [2.45, 2.75) is 77.3 Å². The van der Waals surface area contributed by atoms with Gasteiger partial charge < -0.3 is 10.2 Å². The Bertz CT molecular complexity index is 2170. The first-order valence-corrected chi connectivity index (χ1v) is 19.3. The Morgan fingerprint density at radius 2 is 0.870 bits per heavy atom. The van der Waals surface area contributed by atoms with Gasteiger partial charge in [-0.05, 0) is 98.9 Å². The summed E-state index contributed by atoms with van der Waals surface area (Å²) in [7, 11) is 0. The largest absolute Gasteiger partial charge is 0.507 e. The van der Waals surface area contributed by atoms with Crippen molar-refractivity contribution in [2.24, 2.45) is 9.98 Å². The predicted molar refractivity (Wildman–Crippen MR) is 222 cm³/mol. The molecule has 2 aliphatic carbocycles. The van der Waals surface area contributed by atoms with Gasteiger partial charge in [0.2, 0.25) is 0 Å². The molecule has 6 aromatic carbocycles. The van der Waals surface area contributed by atoms with Crippen LogP contribution in [-0.2, 0) is 12.8 Å². The molecule has 4 nitrogen and oxygen atoms in total. The average Bonchev–Trinajstić information content (AvgIpc) is 3.80. The van der Waals surface area contributed by atoms with Crippen LogP contribution >= 0.6 is 0 Å². The second kappa shape index (κ2) is 14.9. The van der Waals surface area contributed by atoms with Crippen LogP contribution in [0.1, 0.15) is 115 Å². The number of aryl methyl sites for hydroxylation is 6. The summed E-state index contributed by atoms with van der Waals surface area (Å²) in [5, 5.41) is 23.7. The van der Waals surface area contributed by atoms with Crippen LogP contribution in [0.25, 0.3) is 0 Å². The summed E-state index contributed by atoms with van der Waals surface area (Å²) in [6.45, 7) is 8.48. The van der Waals surface area contributed by atoms with Crippen molar-refractivity contribution in [3.8, 4) is 11.5 Å². The Hall–Kier alpha value is -5.74. The van der Waals surface area contributed by atoms with Crippen molar-refractivity contribution in [3.63, 3.8) is 0 Å². The summed E-state index contributed by atoms with van der Waals surface area (Å²) in [5.41, 5.74) is 15.0. The van der Waals surface area contributed by atoms with Crippen molar-refractivity contribution >= 4 is 12.4 Å². The zero-order valence-electron chi connectivity index (χ0n) is 31.6.